The zero-order valence-electron chi connectivity index (χ0n) is 33.7. The first-order valence-electron chi connectivity index (χ1n) is 21.1. The van der Waals surface area contributed by atoms with Gasteiger partial charge in [0.05, 0.1) is 33.5 Å². The van der Waals surface area contributed by atoms with Gasteiger partial charge in [0.2, 0.25) is 0 Å². The molecular formula is C58H38N4. The van der Waals surface area contributed by atoms with Gasteiger partial charge in [-0.25, -0.2) is 9.97 Å². The van der Waals surface area contributed by atoms with Gasteiger partial charge in [0.1, 0.15) is 0 Å². The van der Waals surface area contributed by atoms with Crippen LogP contribution in [0.2, 0.25) is 0 Å². The maximum atomic E-state index is 5.15. The highest BCUT2D eigenvalue weighted by Crippen LogP contribution is 2.38. The van der Waals surface area contributed by atoms with E-state index >= 15 is 0 Å². The summed E-state index contributed by atoms with van der Waals surface area (Å²) in [6.45, 7) is 0. The maximum Gasteiger partial charge on any atom is 0.160 e. The molecule has 0 fully saturated rings. The van der Waals surface area contributed by atoms with Gasteiger partial charge < -0.3 is 9.13 Å². The fourth-order valence-electron chi connectivity index (χ4n) is 9.16. The molecule has 3 heterocycles. The molecule has 3 aromatic heterocycles. The average molecular weight is 791 g/mol. The van der Waals surface area contributed by atoms with Gasteiger partial charge in [-0.05, 0) is 82.9 Å². The van der Waals surface area contributed by atoms with Crippen molar-refractivity contribution in [1.82, 2.24) is 19.1 Å². The van der Waals surface area contributed by atoms with Crippen molar-refractivity contribution in [1.29, 1.82) is 0 Å². The molecule has 0 atom stereocenters. The second kappa shape index (κ2) is 14.7. The summed E-state index contributed by atoms with van der Waals surface area (Å²) in [5.41, 5.74) is 16.5. The first-order chi connectivity index (χ1) is 30.7. The van der Waals surface area contributed by atoms with Crippen molar-refractivity contribution < 1.29 is 0 Å². The molecular weight excluding hydrogens is 753 g/mol. The Kier molecular flexibility index (Phi) is 8.46. The number of nitrogens with zero attached hydrogens (tertiary/aromatic N) is 4. The molecule has 0 amide bonds. The van der Waals surface area contributed by atoms with E-state index in [1.807, 2.05) is 24.3 Å². The minimum atomic E-state index is 0.705. The smallest absolute Gasteiger partial charge is 0.160 e. The average Bonchev–Trinajstić information content (AvgIpc) is 3.87. The van der Waals surface area contributed by atoms with Gasteiger partial charge in [0.25, 0.3) is 0 Å². The monoisotopic (exact) mass is 790 g/mol. The lowest BCUT2D eigenvalue weighted by Gasteiger charge is -2.13. The topological polar surface area (TPSA) is 35.6 Å². The van der Waals surface area contributed by atoms with Gasteiger partial charge in [-0.1, -0.05) is 170 Å². The highest BCUT2D eigenvalue weighted by molar-refractivity contribution is 6.11. The number of aromatic nitrogens is 4. The standard InChI is InChI=1S/C58H38N4/c1-4-15-41(16-5-1)52-38-53(60-58(59-52)42-17-6-2-7-18-42)45-19-14-22-47(35-45)62-54-25-12-10-23-48(54)50-33-31-44(37-57(50)62)40-29-27-39(28-30-40)43-32-34-56-51(36-43)49-24-11-13-26-55(49)61(56)46-20-8-3-9-21-46/h1-38H. The summed E-state index contributed by atoms with van der Waals surface area (Å²) in [5, 5.41) is 4.94. The number of hydrogen-bond acceptors (Lipinski definition) is 2. The third kappa shape index (κ3) is 6.08. The number of fused-ring (bicyclic) bond motifs is 6. The molecule has 0 saturated carbocycles. The first-order valence-corrected chi connectivity index (χ1v) is 21.1. The second-order valence-corrected chi connectivity index (χ2v) is 15.8. The highest BCUT2D eigenvalue weighted by atomic mass is 15.0. The van der Waals surface area contributed by atoms with E-state index < -0.39 is 0 Å². The Labute approximate surface area is 359 Å². The SMILES string of the molecule is c1ccc(-c2cc(-c3cccc(-n4c5ccccc5c5ccc(-c6ccc(-c7ccc8c(c7)c7ccccc7n8-c7ccccc7)cc6)cc54)c3)nc(-c3ccccc3)n2)cc1. The summed E-state index contributed by atoms with van der Waals surface area (Å²) in [4.78, 5) is 10.2. The minimum Gasteiger partial charge on any atom is -0.309 e. The normalized spacial score (nSPS) is 11.5. The van der Waals surface area contributed by atoms with Gasteiger partial charge >= 0.3 is 0 Å². The number of para-hydroxylation sites is 3. The van der Waals surface area contributed by atoms with Gasteiger partial charge in [-0.2, -0.15) is 0 Å². The molecule has 0 N–H and O–H groups in total. The lowest BCUT2D eigenvalue weighted by atomic mass is 9.98. The van der Waals surface area contributed by atoms with Crippen molar-refractivity contribution in [3.8, 4) is 67.5 Å². The van der Waals surface area contributed by atoms with Crippen molar-refractivity contribution in [2.45, 2.75) is 0 Å². The van der Waals surface area contributed by atoms with Crippen LogP contribution in [0, 0.1) is 0 Å². The zero-order valence-corrected chi connectivity index (χ0v) is 33.7. The molecule has 290 valence electrons. The zero-order chi connectivity index (χ0) is 41.0. The predicted molar refractivity (Wildman–Crippen MR) is 258 cm³/mol. The maximum absolute atomic E-state index is 5.15. The van der Waals surface area contributed by atoms with Gasteiger partial charge in [-0.3, -0.25) is 0 Å². The molecule has 0 spiro atoms. The van der Waals surface area contributed by atoms with Crippen LogP contribution in [0.3, 0.4) is 0 Å². The van der Waals surface area contributed by atoms with Crippen LogP contribution < -0.4 is 0 Å². The first kappa shape index (κ1) is 35.6. The largest absolute Gasteiger partial charge is 0.309 e. The van der Waals surface area contributed by atoms with Crippen LogP contribution in [-0.4, -0.2) is 19.1 Å². The Hall–Kier alpha value is -8.34. The fraction of sp³-hybridized carbons (Fsp3) is 0. The van der Waals surface area contributed by atoms with Crippen molar-refractivity contribution in [3.05, 3.63) is 231 Å². The summed E-state index contributed by atoms with van der Waals surface area (Å²) >= 11 is 0. The summed E-state index contributed by atoms with van der Waals surface area (Å²) in [7, 11) is 0. The molecule has 0 aliphatic heterocycles. The van der Waals surface area contributed by atoms with Crippen molar-refractivity contribution in [2.24, 2.45) is 0 Å². The summed E-state index contributed by atoms with van der Waals surface area (Å²) < 4.78 is 4.76. The Morgan fingerprint density at radius 3 is 1.40 bits per heavy atom. The second-order valence-electron chi connectivity index (χ2n) is 15.8. The quantitative estimate of drug-likeness (QED) is 0.161. The van der Waals surface area contributed by atoms with E-state index in [1.54, 1.807) is 0 Å². The van der Waals surface area contributed by atoms with Crippen LogP contribution in [0.25, 0.3) is 111 Å². The molecule has 9 aromatic carbocycles. The summed E-state index contributed by atoms with van der Waals surface area (Å²) in [6, 6.07) is 82.2. The summed E-state index contributed by atoms with van der Waals surface area (Å²) in [5.74, 6) is 0.705. The molecule has 62 heavy (non-hydrogen) atoms. The van der Waals surface area contributed by atoms with E-state index in [9.17, 15) is 0 Å². The Morgan fingerprint density at radius 1 is 0.242 bits per heavy atom. The molecule has 0 unspecified atom stereocenters. The van der Waals surface area contributed by atoms with Crippen molar-refractivity contribution in [3.63, 3.8) is 0 Å². The van der Waals surface area contributed by atoms with E-state index in [0.717, 1.165) is 44.8 Å². The van der Waals surface area contributed by atoms with Crippen molar-refractivity contribution >= 4 is 43.6 Å². The molecule has 0 bridgehead atoms. The Bertz CT molecular complexity index is 3550. The molecule has 4 heteroatoms. The van der Waals surface area contributed by atoms with Crippen LogP contribution >= 0.6 is 0 Å². The van der Waals surface area contributed by atoms with E-state index in [1.165, 1.54) is 60.5 Å². The number of rotatable bonds is 7. The van der Waals surface area contributed by atoms with E-state index in [4.69, 9.17) is 9.97 Å². The van der Waals surface area contributed by atoms with Crippen LogP contribution in [0.15, 0.2) is 231 Å². The molecule has 0 saturated heterocycles. The predicted octanol–water partition coefficient (Wildman–Crippen LogP) is 15.0. The fourth-order valence-corrected chi connectivity index (χ4v) is 9.16. The Morgan fingerprint density at radius 2 is 0.710 bits per heavy atom. The van der Waals surface area contributed by atoms with Crippen LogP contribution in [0.5, 0.6) is 0 Å². The molecule has 4 nitrogen and oxygen atoms in total. The molecule has 12 rings (SSSR count). The minimum absolute atomic E-state index is 0.705. The van der Waals surface area contributed by atoms with Crippen molar-refractivity contribution in [2.75, 3.05) is 0 Å². The third-order valence-corrected chi connectivity index (χ3v) is 12.1. The highest BCUT2D eigenvalue weighted by Gasteiger charge is 2.17. The summed E-state index contributed by atoms with van der Waals surface area (Å²) in [6.07, 6.45) is 0. The van der Waals surface area contributed by atoms with Crippen LogP contribution in [0.4, 0.5) is 0 Å². The van der Waals surface area contributed by atoms with Crippen LogP contribution in [0.1, 0.15) is 0 Å². The van der Waals surface area contributed by atoms with Gasteiger partial charge in [-0.15, -0.1) is 0 Å². The third-order valence-electron chi connectivity index (χ3n) is 12.1. The van der Waals surface area contributed by atoms with E-state index in [-0.39, 0.29) is 0 Å². The lowest BCUT2D eigenvalue weighted by Crippen LogP contribution is -1.98. The van der Waals surface area contributed by atoms with Gasteiger partial charge in [0, 0.05) is 49.6 Å². The molecule has 0 radical (unpaired) electrons. The molecule has 0 aliphatic rings. The van der Waals surface area contributed by atoms with Gasteiger partial charge in [0.15, 0.2) is 5.82 Å². The number of hydrogen-bond donors (Lipinski definition) is 0. The van der Waals surface area contributed by atoms with E-state index in [2.05, 4.69) is 215 Å². The lowest BCUT2D eigenvalue weighted by molar-refractivity contribution is 1.16. The van der Waals surface area contributed by atoms with E-state index in [0.29, 0.717) is 5.82 Å². The molecule has 0 aliphatic carbocycles. The molecule has 12 aromatic rings. The van der Waals surface area contributed by atoms with Crippen LogP contribution in [-0.2, 0) is 0 Å². The number of benzene rings is 9. The Balaban J connectivity index is 0.937.